The first-order valence-electron chi connectivity index (χ1n) is 7.15. The first-order chi connectivity index (χ1) is 11.5. The molecule has 0 fully saturated rings. The monoisotopic (exact) mass is 326 g/mol. The van der Waals surface area contributed by atoms with Crippen LogP contribution < -0.4 is 5.32 Å². The number of fused-ring (bicyclic) bond motifs is 1. The summed E-state index contributed by atoms with van der Waals surface area (Å²) in [6.45, 7) is 1.77. The summed E-state index contributed by atoms with van der Waals surface area (Å²) >= 11 is 0. The maximum absolute atomic E-state index is 12.3. The summed E-state index contributed by atoms with van der Waals surface area (Å²) in [5.74, 6) is 0.0211. The van der Waals surface area contributed by atoms with E-state index in [0.29, 0.717) is 5.82 Å². The van der Waals surface area contributed by atoms with Crippen LogP contribution in [0.4, 0.5) is 11.4 Å². The highest BCUT2D eigenvalue weighted by Gasteiger charge is 2.15. The van der Waals surface area contributed by atoms with Crippen LogP contribution >= 0.6 is 0 Å². The van der Waals surface area contributed by atoms with Crippen LogP contribution in [0, 0.1) is 17.0 Å². The Kier molecular flexibility index (Phi) is 3.87. The molecule has 0 spiro atoms. The van der Waals surface area contributed by atoms with Gasteiger partial charge in [0.05, 0.1) is 21.6 Å². The Morgan fingerprint density at radius 1 is 1.33 bits per heavy atom. The van der Waals surface area contributed by atoms with Crippen LogP contribution in [-0.2, 0) is 11.3 Å². The molecular weight excluding hydrogens is 312 g/mol. The molecule has 24 heavy (non-hydrogen) atoms. The average molecular weight is 326 g/mol. The lowest BCUT2D eigenvalue weighted by Gasteiger charge is -2.09. The molecule has 1 aromatic heterocycles. The molecule has 8 heteroatoms. The Labute approximate surface area is 136 Å². The number of phenols is 1. The zero-order chi connectivity index (χ0) is 17.3. The second-order valence-electron chi connectivity index (χ2n) is 5.24. The van der Waals surface area contributed by atoms with Crippen LogP contribution in [0.3, 0.4) is 0 Å². The van der Waals surface area contributed by atoms with Crippen molar-refractivity contribution in [1.82, 2.24) is 9.55 Å². The summed E-state index contributed by atoms with van der Waals surface area (Å²) in [6.07, 6.45) is 0. The number of nitrogens with zero attached hydrogens (tertiary/aromatic N) is 3. The number of phenolic OH excluding ortho intramolecular Hbond substituents is 1. The maximum atomic E-state index is 12.3. The maximum Gasteiger partial charge on any atom is 0.271 e. The molecule has 3 aromatic rings. The normalized spacial score (nSPS) is 10.7. The lowest BCUT2D eigenvalue weighted by molar-refractivity contribution is -0.384. The third-order valence-corrected chi connectivity index (χ3v) is 3.61. The highest BCUT2D eigenvalue weighted by atomic mass is 16.6. The third-order valence-electron chi connectivity index (χ3n) is 3.61. The van der Waals surface area contributed by atoms with Gasteiger partial charge in [0.1, 0.15) is 18.1 Å². The predicted octanol–water partition coefficient (Wildman–Crippen LogP) is 2.60. The highest BCUT2D eigenvalue weighted by molar-refractivity contribution is 5.93. The number of benzene rings is 2. The Balaban J connectivity index is 1.84. The number of anilines is 1. The fourth-order valence-corrected chi connectivity index (χ4v) is 2.47. The molecule has 0 radical (unpaired) electrons. The van der Waals surface area contributed by atoms with Crippen molar-refractivity contribution >= 4 is 28.3 Å². The van der Waals surface area contributed by atoms with Gasteiger partial charge in [-0.3, -0.25) is 14.9 Å². The first kappa shape index (κ1) is 15.5. The number of non-ortho nitro benzene ring substituents is 1. The number of aromatic hydroxyl groups is 1. The molecule has 0 aliphatic carbocycles. The standard InChI is InChI=1S/C16H14N4O4/c1-10-17-12-4-2-3-5-14(12)19(10)9-16(22)18-13-8-11(20(23)24)6-7-15(13)21/h2-8,21H,9H2,1H3,(H,18,22). The molecule has 0 atom stereocenters. The average Bonchev–Trinajstić information content (AvgIpc) is 2.85. The van der Waals surface area contributed by atoms with Gasteiger partial charge < -0.3 is 15.0 Å². The van der Waals surface area contributed by atoms with Gasteiger partial charge in [0.25, 0.3) is 5.69 Å². The second-order valence-corrected chi connectivity index (χ2v) is 5.24. The van der Waals surface area contributed by atoms with Crippen LogP contribution in [0.15, 0.2) is 42.5 Å². The number of nitrogens with one attached hydrogen (secondary N) is 1. The molecule has 0 aliphatic rings. The van der Waals surface area contributed by atoms with E-state index in [1.54, 1.807) is 11.5 Å². The van der Waals surface area contributed by atoms with Crippen molar-refractivity contribution < 1.29 is 14.8 Å². The third kappa shape index (κ3) is 2.89. The number of aryl methyl sites for hydroxylation is 1. The minimum absolute atomic E-state index is 0.00345. The molecule has 0 saturated heterocycles. The molecule has 2 N–H and O–H groups in total. The largest absolute Gasteiger partial charge is 0.506 e. The van der Waals surface area contributed by atoms with Gasteiger partial charge in [-0.1, -0.05) is 12.1 Å². The number of carbonyl (C=O) groups excluding carboxylic acids is 1. The first-order valence-corrected chi connectivity index (χ1v) is 7.15. The van der Waals surface area contributed by atoms with E-state index in [1.165, 1.54) is 12.1 Å². The Morgan fingerprint density at radius 3 is 2.83 bits per heavy atom. The van der Waals surface area contributed by atoms with E-state index in [0.717, 1.165) is 17.1 Å². The second kappa shape index (κ2) is 5.99. The van der Waals surface area contributed by atoms with Crippen molar-refractivity contribution in [2.75, 3.05) is 5.32 Å². The van der Waals surface area contributed by atoms with Gasteiger partial charge in [-0.05, 0) is 25.1 Å². The van der Waals surface area contributed by atoms with Crippen molar-refractivity contribution in [3.63, 3.8) is 0 Å². The number of carbonyl (C=O) groups is 1. The minimum atomic E-state index is -0.595. The molecule has 1 heterocycles. The topological polar surface area (TPSA) is 110 Å². The number of imidazole rings is 1. The lowest BCUT2D eigenvalue weighted by Crippen LogP contribution is -2.19. The fourth-order valence-electron chi connectivity index (χ4n) is 2.47. The number of aromatic nitrogens is 2. The fraction of sp³-hybridized carbons (Fsp3) is 0.125. The van der Waals surface area contributed by atoms with Gasteiger partial charge in [-0.15, -0.1) is 0 Å². The molecule has 1 amide bonds. The molecular formula is C16H14N4O4. The van der Waals surface area contributed by atoms with Gasteiger partial charge in [-0.25, -0.2) is 4.98 Å². The molecule has 8 nitrogen and oxygen atoms in total. The zero-order valence-corrected chi connectivity index (χ0v) is 12.8. The van der Waals surface area contributed by atoms with E-state index in [2.05, 4.69) is 10.3 Å². The van der Waals surface area contributed by atoms with E-state index in [1.807, 2.05) is 24.3 Å². The Bertz CT molecular complexity index is 948. The van der Waals surface area contributed by atoms with Crippen molar-refractivity contribution in [2.45, 2.75) is 13.5 Å². The van der Waals surface area contributed by atoms with E-state index < -0.39 is 10.8 Å². The van der Waals surface area contributed by atoms with Gasteiger partial charge in [0.2, 0.25) is 5.91 Å². The lowest BCUT2D eigenvalue weighted by atomic mass is 10.2. The van der Waals surface area contributed by atoms with Crippen molar-refractivity contribution in [3.05, 3.63) is 58.4 Å². The summed E-state index contributed by atoms with van der Waals surface area (Å²) in [5.41, 5.74) is 1.37. The summed E-state index contributed by atoms with van der Waals surface area (Å²) < 4.78 is 1.74. The Hall–Kier alpha value is -3.42. The molecule has 0 saturated carbocycles. The van der Waals surface area contributed by atoms with Gasteiger partial charge >= 0.3 is 0 Å². The Morgan fingerprint density at radius 2 is 2.08 bits per heavy atom. The quantitative estimate of drug-likeness (QED) is 0.435. The van der Waals surface area contributed by atoms with Crippen molar-refractivity contribution in [3.8, 4) is 5.75 Å². The summed E-state index contributed by atoms with van der Waals surface area (Å²) in [6, 6.07) is 10.9. The van der Waals surface area contributed by atoms with Crippen LogP contribution in [-0.4, -0.2) is 25.5 Å². The number of rotatable bonds is 4. The van der Waals surface area contributed by atoms with Gasteiger partial charge in [0, 0.05) is 12.1 Å². The number of amides is 1. The molecule has 0 bridgehead atoms. The predicted molar refractivity (Wildman–Crippen MR) is 87.9 cm³/mol. The summed E-state index contributed by atoms with van der Waals surface area (Å²) in [5, 5.41) is 23.1. The van der Waals surface area contributed by atoms with Crippen LogP contribution in [0.5, 0.6) is 5.75 Å². The van der Waals surface area contributed by atoms with Crippen LogP contribution in [0.2, 0.25) is 0 Å². The summed E-state index contributed by atoms with van der Waals surface area (Å²) in [7, 11) is 0. The number of hydrogen-bond acceptors (Lipinski definition) is 5. The van der Waals surface area contributed by atoms with E-state index in [9.17, 15) is 20.0 Å². The van der Waals surface area contributed by atoms with Gasteiger partial charge in [-0.2, -0.15) is 0 Å². The number of hydrogen-bond donors (Lipinski definition) is 2. The minimum Gasteiger partial charge on any atom is -0.506 e. The van der Waals surface area contributed by atoms with E-state index in [4.69, 9.17) is 0 Å². The zero-order valence-electron chi connectivity index (χ0n) is 12.8. The SMILES string of the molecule is Cc1nc2ccccc2n1CC(=O)Nc1cc([N+](=O)[O-])ccc1O. The molecule has 0 unspecified atom stereocenters. The van der Waals surface area contributed by atoms with Crippen LogP contribution in [0.25, 0.3) is 11.0 Å². The summed E-state index contributed by atoms with van der Waals surface area (Å²) in [4.78, 5) is 26.8. The number of para-hydroxylation sites is 2. The molecule has 3 rings (SSSR count). The smallest absolute Gasteiger partial charge is 0.271 e. The number of nitro benzene ring substituents is 1. The number of nitro groups is 1. The highest BCUT2D eigenvalue weighted by Crippen LogP contribution is 2.28. The van der Waals surface area contributed by atoms with Gasteiger partial charge in [0.15, 0.2) is 0 Å². The molecule has 2 aromatic carbocycles. The molecule has 0 aliphatic heterocycles. The van der Waals surface area contributed by atoms with E-state index in [-0.39, 0.29) is 23.7 Å². The van der Waals surface area contributed by atoms with Crippen molar-refractivity contribution in [2.24, 2.45) is 0 Å². The van der Waals surface area contributed by atoms with Crippen molar-refractivity contribution in [1.29, 1.82) is 0 Å². The molecule has 122 valence electrons. The van der Waals surface area contributed by atoms with Crippen LogP contribution in [0.1, 0.15) is 5.82 Å². The van der Waals surface area contributed by atoms with E-state index >= 15 is 0 Å².